The average molecular weight is 679 g/mol. The van der Waals surface area contributed by atoms with E-state index in [-0.39, 0.29) is 18.7 Å². The lowest BCUT2D eigenvalue weighted by Gasteiger charge is -2.28. The normalized spacial score (nSPS) is 12.7. The zero-order chi connectivity index (χ0) is 34.0. The number of benzene rings is 2. The summed E-state index contributed by atoms with van der Waals surface area (Å²) >= 11 is 5.86. The molecule has 3 aromatic heterocycles. The Morgan fingerprint density at radius 2 is 1.90 bits per heavy atom. The van der Waals surface area contributed by atoms with Crippen molar-refractivity contribution >= 4 is 45.7 Å². The van der Waals surface area contributed by atoms with Crippen molar-refractivity contribution in [1.29, 1.82) is 0 Å². The van der Waals surface area contributed by atoms with Gasteiger partial charge < -0.3 is 35.3 Å². The van der Waals surface area contributed by atoms with Gasteiger partial charge in [-0.3, -0.25) is 9.59 Å². The minimum absolute atomic E-state index is 0.0159. The van der Waals surface area contributed by atoms with Crippen LogP contribution in [0.2, 0.25) is 5.15 Å². The Labute approximate surface area is 288 Å². The van der Waals surface area contributed by atoms with Gasteiger partial charge in [0.1, 0.15) is 22.0 Å². The molecule has 0 atom stereocenters. The van der Waals surface area contributed by atoms with Crippen LogP contribution in [-0.2, 0) is 11.3 Å². The van der Waals surface area contributed by atoms with Gasteiger partial charge in [0.05, 0.1) is 32.9 Å². The standard InChI is InChI=1S/C36H35ClN8O4/c37-32-11-6-26(22-40-32)24-45-14-2-5-30(35(45)47)34(46)39-13-1-4-25-20-27-23-41-36(43-33(27)31(21-25)49-17-3-12-38)42-28-7-9-29(10-8-28)44-15-18-48-19-16-44/h2,5-11,14,20-23H,3,12-13,15-19,24,38H2,(H,39,46)(H,41,42,43). The van der Waals surface area contributed by atoms with Gasteiger partial charge >= 0.3 is 0 Å². The van der Waals surface area contributed by atoms with E-state index in [0.29, 0.717) is 47.5 Å². The maximum absolute atomic E-state index is 13.0. The first kappa shape index (κ1) is 33.4. The molecule has 1 aliphatic rings. The van der Waals surface area contributed by atoms with Crippen LogP contribution in [0.3, 0.4) is 0 Å². The predicted octanol–water partition coefficient (Wildman–Crippen LogP) is 3.98. The van der Waals surface area contributed by atoms with Gasteiger partial charge in [-0.1, -0.05) is 29.5 Å². The highest BCUT2D eigenvalue weighted by atomic mass is 35.5. The van der Waals surface area contributed by atoms with E-state index in [9.17, 15) is 9.59 Å². The first-order valence-electron chi connectivity index (χ1n) is 15.9. The molecule has 0 radical (unpaired) electrons. The summed E-state index contributed by atoms with van der Waals surface area (Å²) in [6.45, 7) is 4.39. The van der Waals surface area contributed by atoms with Crippen molar-refractivity contribution in [1.82, 2.24) is 24.8 Å². The smallest absolute Gasteiger partial charge is 0.263 e. The maximum atomic E-state index is 13.0. The molecule has 0 bridgehead atoms. The fourth-order valence-electron chi connectivity index (χ4n) is 5.22. The van der Waals surface area contributed by atoms with Crippen LogP contribution in [0.5, 0.6) is 5.75 Å². The highest BCUT2D eigenvalue weighted by Crippen LogP contribution is 2.28. The quantitative estimate of drug-likeness (QED) is 0.106. The van der Waals surface area contributed by atoms with Crippen LogP contribution in [-0.4, -0.2) is 71.4 Å². The summed E-state index contributed by atoms with van der Waals surface area (Å²) in [5, 5.41) is 7.10. The van der Waals surface area contributed by atoms with Crippen LogP contribution in [0, 0.1) is 11.8 Å². The Bertz CT molecular complexity index is 2040. The number of carbonyl (C=O) groups is 1. The van der Waals surface area contributed by atoms with Gasteiger partial charge in [-0.05, 0) is 73.1 Å². The molecule has 1 fully saturated rings. The van der Waals surface area contributed by atoms with Crippen molar-refractivity contribution in [2.24, 2.45) is 5.73 Å². The largest absolute Gasteiger partial charge is 0.491 e. The first-order valence-corrected chi connectivity index (χ1v) is 16.2. The number of morpholine rings is 1. The third-order valence-electron chi connectivity index (χ3n) is 7.73. The maximum Gasteiger partial charge on any atom is 0.263 e. The fourth-order valence-corrected chi connectivity index (χ4v) is 5.34. The molecule has 12 nitrogen and oxygen atoms in total. The Kier molecular flexibility index (Phi) is 11.0. The fraction of sp³-hybridized carbons (Fsp3) is 0.250. The van der Waals surface area contributed by atoms with Crippen LogP contribution in [0.1, 0.15) is 27.9 Å². The number of rotatable bonds is 11. The van der Waals surface area contributed by atoms with Crippen LogP contribution in [0.4, 0.5) is 17.3 Å². The molecule has 13 heteroatoms. The van der Waals surface area contributed by atoms with Crippen molar-refractivity contribution in [3.05, 3.63) is 111 Å². The number of nitrogens with one attached hydrogen (secondary N) is 2. The molecule has 0 aliphatic carbocycles. The molecule has 2 aromatic carbocycles. The van der Waals surface area contributed by atoms with Gasteiger partial charge in [0.15, 0.2) is 0 Å². The molecule has 1 aliphatic heterocycles. The summed E-state index contributed by atoms with van der Waals surface area (Å²) in [6.07, 6.45) is 5.60. The number of nitrogens with zero attached hydrogens (tertiary/aromatic N) is 5. The summed E-state index contributed by atoms with van der Waals surface area (Å²) < 4.78 is 13.0. The highest BCUT2D eigenvalue weighted by Gasteiger charge is 2.14. The molecule has 4 heterocycles. The van der Waals surface area contributed by atoms with Crippen LogP contribution < -0.4 is 31.6 Å². The van der Waals surface area contributed by atoms with Gasteiger partial charge in [0.25, 0.3) is 11.5 Å². The van der Waals surface area contributed by atoms with E-state index in [1.807, 2.05) is 24.3 Å². The summed E-state index contributed by atoms with van der Waals surface area (Å²) in [6, 6.07) is 18.4. The lowest BCUT2D eigenvalue weighted by Crippen LogP contribution is -2.36. The van der Waals surface area contributed by atoms with Crippen molar-refractivity contribution in [3.63, 3.8) is 0 Å². The van der Waals surface area contributed by atoms with E-state index >= 15 is 0 Å². The number of carbonyl (C=O) groups excluding carboxylic acids is 1. The average Bonchev–Trinajstić information content (AvgIpc) is 3.13. The molecule has 1 amide bonds. The van der Waals surface area contributed by atoms with Gasteiger partial charge in [0.2, 0.25) is 5.95 Å². The first-order chi connectivity index (χ1) is 24.0. The number of hydrogen-bond acceptors (Lipinski definition) is 10. The number of halogens is 1. The number of amides is 1. The third kappa shape index (κ3) is 8.71. The Balaban J connectivity index is 1.13. The van der Waals surface area contributed by atoms with Gasteiger partial charge in [-0.25, -0.2) is 15.0 Å². The van der Waals surface area contributed by atoms with Gasteiger partial charge in [-0.15, -0.1) is 0 Å². The number of nitrogens with two attached hydrogens (primary N) is 1. The number of hydrogen-bond donors (Lipinski definition) is 3. The second-order valence-corrected chi connectivity index (χ2v) is 11.6. The molecule has 5 aromatic rings. The molecule has 4 N–H and O–H groups in total. The minimum Gasteiger partial charge on any atom is -0.491 e. The Morgan fingerprint density at radius 1 is 1.06 bits per heavy atom. The lowest BCUT2D eigenvalue weighted by molar-refractivity contribution is 0.0956. The molecule has 0 saturated carbocycles. The van der Waals surface area contributed by atoms with Crippen LogP contribution in [0.25, 0.3) is 10.9 Å². The van der Waals surface area contributed by atoms with E-state index in [2.05, 4.69) is 49.5 Å². The molecular weight excluding hydrogens is 644 g/mol. The van der Waals surface area contributed by atoms with Crippen molar-refractivity contribution in [3.8, 4) is 17.6 Å². The molecule has 49 heavy (non-hydrogen) atoms. The summed E-state index contributed by atoms with van der Waals surface area (Å²) in [5.74, 6) is 6.50. The van der Waals surface area contributed by atoms with Crippen molar-refractivity contribution in [2.45, 2.75) is 13.0 Å². The van der Waals surface area contributed by atoms with E-state index in [0.717, 1.165) is 48.6 Å². The monoisotopic (exact) mass is 678 g/mol. The zero-order valence-corrected chi connectivity index (χ0v) is 27.4. The van der Waals surface area contributed by atoms with Crippen molar-refractivity contribution in [2.75, 3.05) is 56.2 Å². The minimum atomic E-state index is -0.517. The summed E-state index contributed by atoms with van der Waals surface area (Å²) in [5.41, 5.74) is 9.37. The van der Waals surface area contributed by atoms with E-state index in [1.54, 1.807) is 36.8 Å². The lowest BCUT2D eigenvalue weighted by atomic mass is 10.1. The second kappa shape index (κ2) is 16.1. The number of ether oxygens (including phenoxy) is 2. The van der Waals surface area contributed by atoms with Gasteiger partial charge in [-0.2, -0.15) is 0 Å². The molecule has 250 valence electrons. The second-order valence-electron chi connectivity index (χ2n) is 11.2. The van der Waals surface area contributed by atoms with Crippen LogP contribution in [0.15, 0.2) is 84.0 Å². The highest BCUT2D eigenvalue weighted by molar-refractivity contribution is 6.29. The molecular formula is C36H35ClN8O4. The topological polar surface area (TPSA) is 150 Å². The predicted molar refractivity (Wildman–Crippen MR) is 190 cm³/mol. The Hall–Kier alpha value is -5.48. The van der Waals surface area contributed by atoms with E-state index in [1.165, 1.54) is 10.6 Å². The molecule has 0 spiro atoms. The van der Waals surface area contributed by atoms with Gasteiger partial charge in [0, 0.05) is 54.0 Å². The number of anilines is 3. The van der Waals surface area contributed by atoms with E-state index < -0.39 is 11.5 Å². The number of aromatic nitrogens is 4. The molecule has 6 rings (SSSR count). The summed E-state index contributed by atoms with van der Waals surface area (Å²) in [7, 11) is 0. The van der Waals surface area contributed by atoms with E-state index in [4.69, 9.17) is 31.8 Å². The van der Waals surface area contributed by atoms with Crippen LogP contribution >= 0.6 is 11.6 Å². The summed E-state index contributed by atoms with van der Waals surface area (Å²) in [4.78, 5) is 41.5. The van der Waals surface area contributed by atoms with Crippen molar-refractivity contribution < 1.29 is 14.3 Å². The molecule has 1 saturated heterocycles. The zero-order valence-electron chi connectivity index (χ0n) is 26.7. The number of fused-ring (bicyclic) bond motifs is 1. The Morgan fingerprint density at radius 3 is 2.67 bits per heavy atom. The number of pyridine rings is 2. The third-order valence-corrected chi connectivity index (χ3v) is 7.95. The molecule has 0 unspecified atom stereocenters. The SMILES string of the molecule is NCCCOc1cc(C#CCNC(=O)c2cccn(Cc3ccc(Cl)nc3)c2=O)cc2cnc(Nc3ccc(N4CCOCC4)cc3)nc12.